The van der Waals surface area contributed by atoms with Gasteiger partial charge in [-0.1, -0.05) is 148 Å². The van der Waals surface area contributed by atoms with Crippen LogP contribution >= 0.6 is 0 Å². The molecule has 48 nitrogen and oxygen atoms in total. The van der Waals surface area contributed by atoms with E-state index in [1.165, 1.54) is 35.6 Å². The van der Waals surface area contributed by atoms with Crippen LogP contribution in [0.3, 0.4) is 0 Å². The highest BCUT2D eigenvalue weighted by Crippen LogP contribution is 2.31. The van der Waals surface area contributed by atoms with Gasteiger partial charge < -0.3 is 110 Å². The molecule has 48 heteroatoms. The van der Waals surface area contributed by atoms with Crippen molar-refractivity contribution in [2.45, 2.75) is 36.6 Å². The molecule has 776 valence electrons. The maximum atomic E-state index is 11.1. The number of aliphatic carboxylic acids is 9. The summed E-state index contributed by atoms with van der Waals surface area (Å²) in [6, 6.07) is 30.5. The lowest BCUT2D eigenvalue weighted by atomic mass is 10.1. The summed E-state index contributed by atoms with van der Waals surface area (Å²) < 4.78 is 25.4. The Morgan fingerprint density at radius 2 is 0.707 bits per heavy atom. The van der Waals surface area contributed by atoms with Crippen molar-refractivity contribution < 1.29 is 186 Å². The summed E-state index contributed by atoms with van der Waals surface area (Å²) in [6.45, 7) is 28.1. The molecule has 3 aliphatic rings. The SMILES string of the molecule is C=CCOCC(O)CN(C)CCN(CC(=O)O)CC(=O)O.C=CCOCC1CO1.C=Cc1ccc(C(O)CN(CCN(CC(=O)O)CC(=O)O)CC(=O)O)cc1.C=Cc1ccc(C2CO2)cc1.C=Cc1cccc(C(O)CN(CCN(CC(=O)O)CC(=O)O)CC(=O)O)c1.C=Cc1cccc(C2CO2)c1.CN(C)CCNCC(=O)O.CNCCN(C)C.O=C=O.O=C=O.O=C=O.O=C=O.O=C=O.O=C=O. The highest BCUT2D eigenvalue weighted by atomic mass is 16.6. The van der Waals surface area contributed by atoms with Crippen LogP contribution in [0.15, 0.2) is 149 Å². The van der Waals surface area contributed by atoms with Crippen LogP contribution < -0.4 is 10.6 Å². The Morgan fingerprint density at radius 1 is 0.386 bits per heavy atom. The van der Waals surface area contributed by atoms with Crippen LogP contribution in [0.2, 0.25) is 0 Å². The largest absolute Gasteiger partial charge is 0.480 e. The second-order valence-corrected chi connectivity index (χ2v) is 28.7. The number of carboxylic acid groups (broad SMARTS) is 9. The Bertz CT molecular complexity index is 4220. The fourth-order valence-corrected chi connectivity index (χ4v) is 10.3. The van der Waals surface area contributed by atoms with Crippen molar-refractivity contribution in [3.8, 4) is 0 Å². The van der Waals surface area contributed by atoms with Crippen LogP contribution in [0.1, 0.15) is 68.9 Å². The number of hydrogen-bond donors (Lipinski definition) is 14. The van der Waals surface area contributed by atoms with Gasteiger partial charge in [0.15, 0.2) is 0 Å². The van der Waals surface area contributed by atoms with Gasteiger partial charge >= 0.3 is 90.6 Å². The Labute approximate surface area is 809 Å². The van der Waals surface area contributed by atoms with E-state index in [9.17, 15) is 58.5 Å². The first-order chi connectivity index (χ1) is 66.4. The van der Waals surface area contributed by atoms with Crippen LogP contribution in [0.5, 0.6) is 0 Å². The quantitative estimate of drug-likeness (QED) is 0.0160. The number of nitrogens with one attached hydrogen (secondary N) is 2. The molecule has 0 amide bonds. The Hall–Kier alpha value is -13.9. The number of aliphatic hydroxyl groups is 3. The first-order valence-corrected chi connectivity index (χ1v) is 41.4. The van der Waals surface area contributed by atoms with Crippen molar-refractivity contribution in [2.75, 3.05) is 233 Å². The Kier molecular flexibility index (Phi) is 93.5. The third-order valence-corrected chi connectivity index (χ3v) is 16.6. The molecular formula is C92H130N10O38. The summed E-state index contributed by atoms with van der Waals surface area (Å²) in [5.74, 6) is -9.87. The van der Waals surface area contributed by atoms with Gasteiger partial charge in [0.05, 0.1) is 123 Å². The number of hydrogen-bond acceptors (Lipinski definition) is 39. The number of epoxide rings is 3. The van der Waals surface area contributed by atoms with Gasteiger partial charge in [-0.3, -0.25) is 67.7 Å². The van der Waals surface area contributed by atoms with Crippen molar-refractivity contribution in [3.05, 3.63) is 193 Å². The standard InChI is InChI=1S/2C18H24N2O7.C13H24N2O6.2C10H10O.C6H14N2O2.C6H10O2.C5H14N2.6CO2/c1-2-13-3-5-14(6-4-13)15(21)9-19(10-16(22)23)7-8-20(11-17(24)25)12-18(26)27;1-2-13-4-3-5-14(8-13)15(21)9-19(10-16(22)23)6-7-20(11-17(24)25)12-18(26)27;1-3-6-21-10-11(16)7-14(2)4-5-15(8-12(17)18)9-13(19)20;1-2-8-3-5-9(6-4-8)10-7-11-10;1-2-8-4-3-5-9(6-8)10-7-11-10;1-8(2)4-3-7-5-6(9)10;1-2-3-7-4-6-5-8-6;1-6-4-5-7(2)3;6*2-1-3/h2-6,15,21H,1,7-12H2,(H,22,23)(H,24,25)(H,26,27);2-5,8,15,21H,1,6-7,9-12H2,(H,22,23)(H,24,25)(H,26,27);3,11,16H,1,4-10H2,2H3,(H,17,18)(H,19,20);2*2-6,10H,1,7H2;7H,3-5H2,1-2H3,(H,9,10);2,6H,1,3-5H2;6H,4-5H2,1-3H3;;;;;;. The molecule has 4 aromatic rings. The molecule has 0 aromatic heterocycles. The van der Waals surface area contributed by atoms with Crippen LogP contribution in [0.25, 0.3) is 24.3 Å². The topological polar surface area (TPSA) is 707 Å². The predicted molar refractivity (Wildman–Crippen MR) is 494 cm³/mol. The molecule has 0 radical (unpaired) electrons. The fourth-order valence-electron chi connectivity index (χ4n) is 10.3. The lowest BCUT2D eigenvalue weighted by Crippen LogP contribution is -2.43. The third-order valence-electron chi connectivity index (χ3n) is 16.6. The van der Waals surface area contributed by atoms with Crippen molar-refractivity contribution >= 4 is 115 Å². The van der Waals surface area contributed by atoms with Crippen LogP contribution in [-0.4, -0.2) is 436 Å². The lowest BCUT2D eigenvalue weighted by Gasteiger charge is -2.26. The minimum Gasteiger partial charge on any atom is -0.480 e. The molecule has 0 spiro atoms. The summed E-state index contributed by atoms with van der Waals surface area (Å²) in [4.78, 5) is 207. The number of nitrogens with zero attached hydrogens (tertiary/aromatic N) is 8. The normalized spacial score (nSPS) is 12.9. The van der Waals surface area contributed by atoms with Crippen molar-refractivity contribution in [3.63, 3.8) is 0 Å². The number of benzene rings is 4. The van der Waals surface area contributed by atoms with Crippen LogP contribution in [0, 0.1) is 0 Å². The number of carboxylic acids is 9. The first-order valence-electron chi connectivity index (χ1n) is 41.4. The number of aliphatic hydroxyl groups excluding tert-OH is 3. The summed E-state index contributed by atoms with van der Waals surface area (Å²) in [6.07, 6.45) is 10.3. The average molecular weight is 1980 g/mol. The van der Waals surface area contributed by atoms with E-state index in [-0.39, 0.29) is 122 Å². The van der Waals surface area contributed by atoms with E-state index in [1.807, 2.05) is 56.4 Å². The number of carbonyl (C=O) groups excluding carboxylic acids is 12. The molecule has 0 saturated carbocycles. The van der Waals surface area contributed by atoms with Crippen molar-refractivity contribution in [1.82, 2.24) is 49.8 Å². The van der Waals surface area contributed by atoms with Gasteiger partial charge in [-0.25, -0.2) is 0 Å². The molecule has 140 heavy (non-hydrogen) atoms. The van der Waals surface area contributed by atoms with Gasteiger partial charge in [0.25, 0.3) is 0 Å². The molecule has 14 N–H and O–H groups in total. The molecule has 3 heterocycles. The Balaban J connectivity index is -0.000000291. The highest BCUT2D eigenvalue weighted by Gasteiger charge is 2.27. The summed E-state index contributed by atoms with van der Waals surface area (Å²) in [5.41, 5.74) is 7.75. The molecule has 0 bridgehead atoms. The number of likely N-dealkylation sites (N-methyl/N-ethyl adjacent to an activating group) is 4. The van der Waals surface area contributed by atoms with E-state index in [1.54, 1.807) is 78.7 Å². The van der Waals surface area contributed by atoms with Gasteiger partial charge in [0, 0.05) is 85.1 Å². The number of carbonyl (C=O) groups is 9. The van der Waals surface area contributed by atoms with Crippen LogP contribution in [-0.2, 0) is 124 Å². The molecule has 6 unspecified atom stereocenters. The fraction of sp³-hybridized carbons (Fsp3) is 0.446. The van der Waals surface area contributed by atoms with Gasteiger partial charge in [-0.2, -0.15) is 57.5 Å². The Morgan fingerprint density at radius 3 is 1.04 bits per heavy atom. The van der Waals surface area contributed by atoms with Gasteiger partial charge in [0.1, 0.15) is 18.3 Å². The van der Waals surface area contributed by atoms with Crippen molar-refractivity contribution in [2.24, 2.45) is 0 Å². The van der Waals surface area contributed by atoms with Crippen molar-refractivity contribution in [1.29, 1.82) is 0 Å². The third kappa shape index (κ3) is 97.2. The van der Waals surface area contributed by atoms with E-state index in [4.69, 9.17) is 127 Å². The molecule has 3 fully saturated rings. The van der Waals surface area contributed by atoms with E-state index >= 15 is 0 Å². The van der Waals surface area contributed by atoms with E-state index in [0.29, 0.717) is 55.7 Å². The van der Waals surface area contributed by atoms with E-state index in [2.05, 4.69) is 106 Å². The molecule has 7 rings (SSSR count). The van der Waals surface area contributed by atoms with Gasteiger partial charge in [-0.05, 0) is 98.9 Å². The summed E-state index contributed by atoms with van der Waals surface area (Å²) in [7, 11) is 11.7. The zero-order valence-corrected chi connectivity index (χ0v) is 79.0. The second kappa shape index (κ2) is 94.1. The first kappa shape index (κ1) is 139. The van der Waals surface area contributed by atoms with E-state index < -0.39 is 98.2 Å². The van der Waals surface area contributed by atoms with Gasteiger partial charge in [-0.15, -0.1) is 13.2 Å². The summed E-state index contributed by atoms with van der Waals surface area (Å²) in [5, 5.41) is 115. The minimum atomic E-state index is -1.18. The maximum Gasteiger partial charge on any atom is 0.373 e. The minimum absolute atomic E-state index is 0.000872. The van der Waals surface area contributed by atoms with Gasteiger partial charge in [0.2, 0.25) is 0 Å². The average Bonchev–Trinajstić information content (AvgIpc) is 1.61. The zero-order chi connectivity index (χ0) is 108. The summed E-state index contributed by atoms with van der Waals surface area (Å²) >= 11 is 0. The molecule has 3 aliphatic heterocycles. The number of ether oxygens (including phenoxy) is 5. The predicted octanol–water partition coefficient (Wildman–Crippen LogP) is 0.273. The molecule has 4 aromatic carbocycles. The number of rotatable bonds is 55. The molecule has 6 atom stereocenters. The molecule has 3 saturated heterocycles. The highest BCUT2D eigenvalue weighted by molar-refractivity contribution is 5.74. The van der Waals surface area contributed by atoms with Crippen LogP contribution in [0.4, 0.5) is 0 Å². The second-order valence-electron chi connectivity index (χ2n) is 28.7. The maximum absolute atomic E-state index is 11.1. The molecule has 0 aliphatic carbocycles. The zero-order valence-electron chi connectivity index (χ0n) is 79.0. The monoisotopic (exact) mass is 1980 g/mol. The lowest BCUT2D eigenvalue weighted by molar-refractivity contribution is -0.193. The van der Waals surface area contributed by atoms with E-state index in [0.717, 1.165) is 74.9 Å². The smallest absolute Gasteiger partial charge is 0.373 e. The molecular weight excluding hydrogens is 1850 g/mol.